The second-order valence-electron chi connectivity index (χ2n) is 8.03. The fourth-order valence-electron chi connectivity index (χ4n) is 4.24. The fourth-order valence-corrected chi connectivity index (χ4v) is 4.24. The Hall–Kier alpha value is -4.66. The molecule has 5 aromatic rings. The van der Waals surface area contributed by atoms with Crippen LogP contribution in [0.25, 0.3) is 27.6 Å². The minimum absolute atomic E-state index is 0.102. The summed E-state index contributed by atoms with van der Waals surface area (Å²) in [5.74, 6) is -3.06. The van der Waals surface area contributed by atoms with E-state index in [1.165, 1.54) is 11.5 Å². The Balaban J connectivity index is 1.67. The lowest BCUT2D eigenvalue weighted by Crippen LogP contribution is -2.21. The van der Waals surface area contributed by atoms with Gasteiger partial charge in [0, 0.05) is 23.3 Å². The van der Waals surface area contributed by atoms with Gasteiger partial charge in [-0.15, -0.1) is 0 Å². The molecule has 0 fully saturated rings. The van der Waals surface area contributed by atoms with Crippen LogP contribution in [0.15, 0.2) is 71.8 Å². The Kier molecular flexibility index (Phi) is 5.24. The first kappa shape index (κ1) is 22.1. The molecule has 3 aromatic heterocycles. The average molecular weight is 473 g/mol. The number of pyridine rings is 2. The fraction of sp³-hybridized carbons (Fsp3) is 0.0769. The van der Waals surface area contributed by atoms with E-state index >= 15 is 0 Å². The van der Waals surface area contributed by atoms with Gasteiger partial charge in [-0.1, -0.05) is 24.3 Å². The molecule has 7 nitrogen and oxygen atoms in total. The van der Waals surface area contributed by atoms with Gasteiger partial charge in [-0.3, -0.25) is 9.59 Å². The third-order valence-electron chi connectivity index (χ3n) is 5.81. The molecule has 0 aliphatic rings. The maximum atomic E-state index is 14.7. The second-order valence-corrected chi connectivity index (χ2v) is 8.03. The number of hydrogen-bond acceptors (Lipinski definition) is 4. The number of carboxylic acids is 1. The van der Waals surface area contributed by atoms with Crippen LogP contribution >= 0.6 is 0 Å². The lowest BCUT2D eigenvalue weighted by atomic mass is 10.1. The maximum absolute atomic E-state index is 14.7. The van der Waals surface area contributed by atoms with Crippen LogP contribution in [0.3, 0.4) is 0 Å². The second kappa shape index (κ2) is 8.28. The topological polar surface area (TPSA) is 94.2 Å². The first-order valence-electron chi connectivity index (χ1n) is 10.6. The van der Waals surface area contributed by atoms with Crippen molar-refractivity contribution in [3.63, 3.8) is 0 Å². The molecule has 0 spiro atoms. The zero-order chi connectivity index (χ0) is 24.9. The molecule has 0 amide bonds. The molecule has 0 saturated heterocycles. The van der Waals surface area contributed by atoms with Crippen molar-refractivity contribution in [3.8, 4) is 5.82 Å². The Labute approximate surface area is 196 Å². The van der Waals surface area contributed by atoms with Gasteiger partial charge in [0.1, 0.15) is 23.0 Å². The van der Waals surface area contributed by atoms with Crippen molar-refractivity contribution in [3.05, 3.63) is 106 Å². The van der Waals surface area contributed by atoms with E-state index < -0.39 is 34.0 Å². The summed E-state index contributed by atoms with van der Waals surface area (Å²) in [6.45, 7) is 1.34. The number of para-hydroxylation sites is 1. The van der Waals surface area contributed by atoms with Crippen molar-refractivity contribution in [2.24, 2.45) is 0 Å². The smallest absolute Gasteiger partial charge is 0.341 e. The average Bonchev–Trinajstić information content (AvgIpc) is 3.23. The van der Waals surface area contributed by atoms with Crippen LogP contribution in [0.2, 0.25) is 0 Å². The Morgan fingerprint density at radius 1 is 0.943 bits per heavy atom. The Morgan fingerprint density at radius 3 is 2.43 bits per heavy atom. The van der Waals surface area contributed by atoms with Gasteiger partial charge in [-0.2, -0.15) is 0 Å². The summed E-state index contributed by atoms with van der Waals surface area (Å²) in [7, 11) is 0. The number of hydrogen-bond donors (Lipinski definition) is 1. The van der Waals surface area contributed by atoms with Crippen molar-refractivity contribution in [2.45, 2.75) is 13.5 Å². The summed E-state index contributed by atoms with van der Waals surface area (Å²) >= 11 is 0. The summed E-state index contributed by atoms with van der Waals surface area (Å²) in [4.78, 5) is 40.9. The summed E-state index contributed by atoms with van der Waals surface area (Å²) in [5, 5.41) is 9.57. The minimum Gasteiger partial charge on any atom is -0.477 e. The number of aromatic nitrogens is 3. The van der Waals surface area contributed by atoms with Crippen LogP contribution in [0, 0.1) is 11.6 Å². The highest BCUT2D eigenvalue weighted by Crippen LogP contribution is 2.25. The molecule has 9 heteroatoms. The third-order valence-corrected chi connectivity index (χ3v) is 5.81. The number of benzene rings is 2. The number of nitrogens with zero attached hydrogens (tertiary/aromatic N) is 3. The number of ketones is 1. The number of carbonyl (C=O) groups excluding carboxylic acids is 1. The number of halogens is 2. The molecule has 0 bridgehead atoms. The van der Waals surface area contributed by atoms with Gasteiger partial charge in [0.15, 0.2) is 5.78 Å². The number of rotatable bonds is 5. The monoisotopic (exact) mass is 473 g/mol. The lowest BCUT2D eigenvalue weighted by Gasteiger charge is -2.14. The molecular weight excluding hydrogens is 456 g/mol. The number of carbonyl (C=O) groups is 2. The molecule has 174 valence electrons. The van der Waals surface area contributed by atoms with E-state index in [1.807, 2.05) is 24.3 Å². The van der Waals surface area contributed by atoms with E-state index in [9.17, 15) is 28.3 Å². The first-order valence-corrected chi connectivity index (χ1v) is 10.6. The van der Waals surface area contributed by atoms with Crippen LogP contribution in [0.5, 0.6) is 0 Å². The molecule has 1 N–H and O–H groups in total. The summed E-state index contributed by atoms with van der Waals surface area (Å²) in [6, 6.07) is 14.1. The Bertz CT molecular complexity index is 1740. The number of aromatic carboxylic acids is 1. The SMILES string of the molecule is CC(=O)c1cn(-c2cccc(Cn3cc(C(=O)O)c(=O)c4c(F)ccc(F)c43)n2)c2ccccc12. The van der Waals surface area contributed by atoms with Crippen molar-refractivity contribution in [1.82, 2.24) is 14.1 Å². The van der Waals surface area contributed by atoms with E-state index in [1.54, 1.807) is 29.0 Å². The predicted octanol–water partition coefficient (Wildman–Crippen LogP) is 4.57. The van der Waals surface area contributed by atoms with Crippen LogP contribution in [0.4, 0.5) is 8.78 Å². The van der Waals surface area contributed by atoms with Gasteiger partial charge in [0.05, 0.1) is 28.7 Å². The maximum Gasteiger partial charge on any atom is 0.341 e. The number of fused-ring (bicyclic) bond motifs is 2. The molecule has 35 heavy (non-hydrogen) atoms. The van der Waals surface area contributed by atoms with Crippen LogP contribution in [0.1, 0.15) is 33.3 Å². The molecule has 0 atom stereocenters. The van der Waals surface area contributed by atoms with Crippen molar-refractivity contribution in [2.75, 3.05) is 0 Å². The highest BCUT2D eigenvalue weighted by Gasteiger charge is 2.20. The van der Waals surface area contributed by atoms with E-state index in [4.69, 9.17) is 0 Å². The molecule has 2 aromatic carbocycles. The van der Waals surface area contributed by atoms with Crippen molar-refractivity contribution >= 4 is 33.6 Å². The van der Waals surface area contributed by atoms with Crippen LogP contribution in [-0.4, -0.2) is 31.0 Å². The first-order chi connectivity index (χ1) is 16.8. The lowest BCUT2D eigenvalue weighted by molar-refractivity contribution is 0.0694. The van der Waals surface area contributed by atoms with Crippen LogP contribution < -0.4 is 5.43 Å². The largest absolute Gasteiger partial charge is 0.477 e. The third kappa shape index (κ3) is 3.67. The van der Waals surface area contributed by atoms with Gasteiger partial charge in [-0.05, 0) is 37.3 Å². The molecule has 0 aliphatic heterocycles. The normalized spacial score (nSPS) is 11.3. The summed E-state index contributed by atoms with van der Waals surface area (Å²) in [6.07, 6.45) is 2.67. The molecular formula is C26H17F2N3O4. The van der Waals surface area contributed by atoms with Crippen LogP contribution in [-0.2, 0) is 6.54 Å². The van der Waals surface area contributed by atoms with E-state index in [0.717, 1.165) is 29.2 Å². The van der Waals surface area contributed by atoms with Gasteiger partial charge >= 0.3 is 5.97 Å². The predicted molar refractivity (Wildman–Crippen MR) is 125 cm³/mol. The van der Waals surface area contributed by atoms with Gasteiger partial charge in [-0.25, -0.2) is 18.6 Å². The van der Waals surface area contributed by atoms with E-state index in [-0.39, 0.29) is 17.8 Å². The highest BCUT2D eigenvalue weighted by molar-refractivity contribution is 6.07. The molecule has 5 rings (SSSR count). The number of Topliss-reactive ketones (excluding diaryl/α,β-unsaturated/α-hetero) is 1. The molecule has 0 aliphatic carbocycles. The quantitative estimate of drug-likeness (QED) is 0.378. The molecule has 0 saturated carbocycles. The van der Waals surface area contributed by atoms with Gasteiger partial charge in [0.25, 0.3) is 0 Å². The highest BCUT2D eigenvalue weighted by atomic mass is 19.1. The molecule has 0 unspecified atom stereocenters. The zero-order valence-electron chi connectivity index (χ0n) is 18.3. The van der Waals surface area contributed by atoms with Gasteiger partial charge in [0.2, 0.25) is 5.43 Å². The van der Waals surface area contributed by atoms with E-state index in [2.05, 4.69) is 4.98 Å². The molecule has 0 radical (unpaired) electrons. The standard InChI is InChI=1S/C26H17F2N3O4/c1-14(32)17-13-31(21-7-3-2-6-16(17)21)22-8-4-5-15(29-22)11-30-12-18(26(34)35)25(33)23-19(27)9-10-20(28)24(23)30/h2-10,12-13H,11H2,1H3,(H,34,35). The van der Waals surface area contributed by atoms with Crippen molar-refractivity contribution < 1.29 is 23.5 Å². The van der Waals surface area contributed by atoms with Gasteiger partial charge < -0.3 is 14.2 Å². The molecule has 3 heterocycles. The zero-order valence-corrected chi connectivity index (χ0v) is 18.3. The number of carboxylic acid groups (broad SMARTS) is 1. The Morgan fingerprint density at radius 2 is 1.69 bits per heavy atom. The summed E-state index contributed by atoms with van der Waals surface area (Å²) in [5.41, 5.74) is -0.439. The summed E-state index contributed by atoms with van der Waals surface area (Å²) < 4.78 is 32.1. The van der Waals surface area contributed by atoms with E-state index in [0.29, 0.717) is 17.1 Å². The van der Waals surface area contributed by atoms with Crippen molar-refractivity contribution in [1.29, 1.82) is 0 Å². The minimum atomic E-state index is -1.55.